The van der Waals surface area contributed by atoms with E-state index < -0.39 is 0 Å². The summed E-state index contributed by atoms with van der Waals surface area (Å²) in [6.45, 7) is 0. The Bertz CT molecular complexity index is 2710. The summed E-state index contributed by atoms with van der Waals surface area (Å²) in [5.74, 6) is 0.679. The fourth-order valence-corrected chi connectivity index (χ4v) is 8.85. The number of fused-ring (bicyclic) bond motifs is 4. The Hall–Kier alpha value is -6.38. The van der Waals surface area contributed by atoms with Crippen molar-refractivity contribution in [1.29, 1.82) is 0 Å². The molecule has 9 aromatic rings. The highest BCUT2D eigenvalue weighted by Crippen LogP contribution is 2.40. The van der Waals surface area contributed by atoms with Crippen LogP contribution in [0.5, 0.6) is 0 Å². The van der Waals surface area contributed by atoms with Crippen molar-refractivity contribution in [3.8, 4) is 27.9 Å². The quantitative estimate of drug-likeness (QED) is 0.161. The Morgan fingerprint density at radius 1 is 0.407 bits per heavy atom. The van der Waals surface area contributed by atoms with E-state index in [4.69, 9.17) is 0 Å². The van der Waals surface area contributed by atoms with E-state index in [1.54, 1.807) is 0 Å². The molecule has 0 saturated heterocycles. The van der Waals surface area contributed by atoms with Gasteiger partial charge in [0.2, 0.25) is 0 Å². The first-order chi connectivity index (χ1) is 26.8. The standard InChI is InChI=1S/C52H42N2/c1-3-12-37(13-4-1)38-22-29-44(30-23-38)53(46-33-26-41(27-34-46)48-20-11-15-40-14-7-8-18-47(40)48)45-31-24-39(25-32-45)42-28-35-50-49-19-9-10-21-51(49)54(52(50)36-42)43-16-5-2-6-17-43/h2,5-11,14-37H,1,3-4,12-13H2. The van der Waals surface area contributed by atoms with E-state index in [9.17, 15) is 0 Å². The van der Waals surface area contributed by atoms with Crippen molar-refractivity contribution in [1.82, 2.24) is 4.57 Å². The van der Waals surface area contributed by atoms with Crippen molar-refractivity contribution in [2.75, 3.05) is 4.90 Å². The molecule has 8 aromatic carbocycles. The summed E-state index contributed by atoms with van der Waals surface area (Å²) in [7, 11) is 0. The molecule has 2 nitrogen and oxygen atoms in total. The van der Waals surface area contributed by atoms with Gasteiger partial charge in [0.05, 0.1) is 11.0 Å². The maximum Gasteiger partial charge on any atom is 0.0547 e. The van der Waals surface area contributed by atoms with Crippen LogP contribution >= 0.6 is 0 Å². The van der Waals surface area contributed by atoms with Gasteiger partial charge in [0.25, 0.3) is 0 Å². The van der Waals surface area contributed by atoms with Crippen molar-refractivity contribution >= 4 is 49.6 Å². The number of benzene rings is 8. The van der Waals surface area contributed by atoms with Crippen LogP contribution in [0.25, 0.3) is 60.5 Å². The lowest BCUT2D eigenvalue weighted by atomic mass is 9.84. The van der Waals surface area contributed by atoms with Gasteiger partial charge in [0.1, 0.15) is 0 Å². The molecular weight excluding hydrogens is 653 g/mol. The Morgan fingerprint density at radius 2 is 0.981 bits per heavy atom. The van der Waals surface area contributed by atoms with Crippen molar-refractivity contribution in [3.63, 3.8) is 0 Å². The fraction of sp³-hybridized carbons (Fsp3) is 0.115. The number of rotatable bonds is 7. The topological polar surface area (TPSA) is 8.17 Å². The molecule has 0 aliphatic heterocycles. The van der Waals surface area contributed by atoms with E-state index in [1.807, 2.05) is 0 Å². The summed E-state index contributed by atoms with van der Waals surface area (Å²) >= 11 is 0. The summed E-state index contributed by atoms with van der Waals surface area (Å²) in [5, 5.41) is 5.08. The molecular formula is C52H42N2. The van der Waals surface area contributed by atoms with Gasteiger partial charge in [0, 0.05) is 33.5 Å². The first kappa shape index (κ1) is 32.3. The number of hydrogen-bond donors (Lipinski definition) is 0. The van der Waals surface area contributed by atoms with Crippen LogP contribution in [-0.4, -0.2) is 4.57 Å². The Kier molecular flexibility index (Phi) is 8.30. The zero-order valence-corrected chi connectivity index (χ0v) is 30.4. The zero-order chi connectivity index (χ0) is 35.8. The molecule has 0 amide bonds. The molecule has 10 rings (SSSR count). The number of nitrogens with zero attached hydrogens (tertiary/aromatic N) is 2. The minimum absolute atomic E-state index is 0.679. The summed E-state index contributed by atoms with van der Waals surface area (Å²) in [4.78, 5) is 2.40. The molecule has 1 aliphatic rings. The van der Waals surface area contributed by atoms with E-state index in [0.29, 0.717) is 5.92 Å². The molecule has 1 aliphatic carbocycles. The van der Waals surface area contributed by atoms with Gasteiger partial charge < -0.3 is 9.47 Å². The van der Waals surface area contributed by atoms with E-state index in [0.717, 1.165) is 11.4 Å². The number of hydrogen-bond acceptors (Lipinski definition) is 1. The Labute approximate surface area is 317 Å². The molecule has 54 heavy (non-hydrogen) atoms. The maximum atomic E-state index is 2.40. The molecule has 2 heteroatoms. The normalized spacial score (nSPS) is 13.5. The lowest BCUT2D eigenvalue weighted by molar-refractivity contribution is 0.443. The summed E-state index contributed by atoms with van der Waals surface area (Å²) in [5.41, 5.74) is 13.4. The minimum atomic E-state index is 0.679. The summed E-state index contributed by atoms with van der Waals surface area (Å²) in [6, 6.07) is 69.2. The van der Waals surface area contributed by atoms with Crippen LogP contribution in [-0.2, 0) is 0 Å². The van der Waals surface area contributed by atoms with E-state index >= 15 is 0 Å². The molecule has 1 heterocycles. The predicted octanol–water partition coefficient (Wildman–Crippen LogP) is 14.8. The van der Waals surface area contributed by atoms with Gasteiger partial charge in [-0.1, -0.05) is 147 Å². The third-order valence-corrected chi connectivity index (χ3v) is 11.6. The average Bonchev–Trinajstić information content (AvgIpc) is 3.59. The Balaban J connectivity index is 1.04. The molecule has 1 aromatic heterocycles. The van der Waals surface area contributed by atoms with Gasteiger partial charge >= 0.3 is 0 Å². The molecule has 0 N–H and O–H groups in total. The van der Waals surface area contributed by atoms with Crippen LogP contribution in [0.3, 0.4) is 0 Å². The van der Waals surface area contributed by atoms with Gasteiger partial charge in [-0.25, -0.2) is 0 Å². The lowest BCUT2D eigenvalue weighted by Crippen LogP contribution is -2.10. The molecule has 0 bridgehead atoms. The highest BCUT2D eigenvalue weighted by molar-refractivity contribution is 6.10. The third kappa shape index (κ3) is 5.85. The molecule has 0 spiro atoms. The predicted molar refractivity (Wildman–Crippen MR) is 230 cm³/mol. The molecule has 1 fully saturated rings. The van der Waals surface area contributed by atoms with Crippen LogP contribution in [0.1, 0.15) is 43.6 Å². The van der Waals surface area contributed by atoms with Gasteiger partial charge in [-0.2, -0.15) is 0 Å². The van der Waals surface area contributed by atoms with Crippen molar-refractivity contribution in [2.24, 2.45) is 0 Å². The van der Waals surface area contributed by atoms with Crippen LogP contribution in [0.15, 0.2) is 188 Å². The molecule has 0 radical (unpaired) electrons. The molecule has 0 unspecified atom stereocenters. The number of anilines is 3. The SMILES string of the molecule is c1ccc(-n2c3ccccc3c3ccc(-c4ccc(N(c5ccc(-c6cccc7ccccc67)cc5)c5ccc(C6CCCCC6)cc5)cc4)cc32)cc1. The van der Waals surface area contributed by atoms with Crippen LogP contribution in [0, 0.1) is 0 Å². The zero-order valence-electron chi connectivity index (χ0n) is 30.4. The summed E-state index contributed by atoms with van der Waals surface area (Å²) in [6.07, 6.45) is 6.67. The second-order valence-electron chi connectivity index (χ2n) is 14.8. The fourth-order valence-electron chi connectivity index (χ4n) is 8.85. The van der Waals surface area contributed by atoms with E-state index in [1.165, 1.54) is 104 Å². The smallest absolute Gasteiger partial charge is 0.0547 e. The third-order valence-electron chi connectivity index (χ3n) is 11.6. The second kappa shape index (κ2) is 13.9. The van der Waals surface area contributed by atoms with Crippen molar-refractivity contribution in [3.05, 3.63) is 194 Å². The van der Waals surface area contributed by atoms with E-state index in [2.05, 4.69) is 198 Å². The Morgan fingerprint density at radius 3 is 1.72 bits per heavy atom. The van der Waals surface area contributed by atoms with Crippen molar-refractivity contribution < 1.29 is 0 Å². The maximum absolute atomic E-state index is 2.40. The first-order valence-electron chi connectivity index (χ1n) is 19.5. The summed E-state index contributed by atoms with van der Waals surface area (Å²) < 4.78 is 2.39. The average molecular weight is 695 g/mol. The highest BCUT2D eigenvalue weighted by Gasteiger charge is 2.19. The monoisotopic (exact) mass is 694 g/mol. The van der Waals surface area contributed by atoms with Crippen LogP contribution in [0.2, 0.25) is 0 Å². The van der Waals surface area contributed by atoms with E-state index in [-0.39, 0.29) is 0 Å². The molecule has 1 saturated carbocycles. The largest absolute Gasteiger partial charge is 0.311 e. The van der Waals surface area contributed by atoms with Gasteiger partial charge in [-0.3, -0.25) is 0 Å². The minimum Gasteiger partial charge on any atom is -0.311 e. The molecule has 260 valence electrons. The van der Waals surface area contributed by atoms with Gasteiger partial charge in [0.15, 0.2) is 0 Å². The lowest BCUT2D eigenvalue weighted by Gasteiger charge is -2.27. The van der Waals surface area contributed by atoms with Gasteiger partial charge in [-0.15, -0.1) is 0 Å². The highest BCUT2D eigenvalue weighted by atomic mass is 15.1. The molecule has 0 atom stereocenters. The van der Waals surface area contributed by atoms with Crippen LogP contribution in [0.4, 0.5) is 17.1 Å². The van der Waals surface area contributed by atoms with Crippen LogP contribution < -0.4 is 4.90 Å². The first-order valence-corrected chi connectivity index (χ1v) is 19.5. The van der Waals surface area contributed by atoms with Crippen molar-refractivity contribution in [2.45, 2.75) is 38.0 Å². The number of para-hydroxylation sites is 2. The second-order valence-corrected chi connectivity index (χ2v) is 14.8. The van der Waals surface area contributed by atoms with Gasteiger partial charge in [-0.05, 0) is 118 Å². The number of aromatic nitrogens is 1.